The van der Waals surface area contributed by atoms with E-state index in [1.165, 1.54) is 16.4 Å². The van der Waals surface area contributed by atoms with Crippen molar-refractivity contribution < 1.29 is 17.6 Å². The Labute approximate surface area is 135 Å². The molecule has 0 saturated heterocycles. The molecule has 0 heterocycles. The summed E-state index contributed by atoms with van der Waals surface area (Å²) in [6, 6.07) is 6.30. The van der Waals surface area contributed by atoms with E-state index in [0.717, 1.165) is 12.8 Å². The molecule has 23 heavy (non-hydrogen) atoms. The van der Waals surface area contributed by atoms with Gasteiger partial charge in [-0.25, -0.2) is 12.8 Å². The van der Waals surface area contributed by atoms with Crippen molar-refractivity contribution >= 4 is 21.6 Å². The largest absolute Gasteiger partial charge is 0.326 e. The number of carbonyl (C=O) groups excluding carboxylic acids is 1. The van der Waals surface area contributed by atoms with Crippen molar-refractivity contribution in [3.05, 3.63) is 24.3 Å². The van der Waals surface area contributed by atoms with Gasteiger partial charge in [-0.05, 0) is 55.9 Å². The molecule has 1 aromatic rings. The molecule has 126 valence electrons. The van der Waals surface area contributed by atoms with Gasteiger partial charge in [-0.2, -0.15) is 4.31 Å². The fourth-order valence-electron chi connectivity index (χ4n) is 2.81. The van der Waals surface area contributed by atoms with E-state index in [0.29, 0.717) is 24.9 Å². The number of benzene rings is 1. The minimum atomic E-state index is -3.46. The standard InChI is InChI=1S/C16H21FN2O3S/c1-19(14-4-5-14)23(21,22)15-6-2-13(3-7-15)18-16(20)10-11-8-12(17)9-11/h2-3,6-7,11-12,14H,4-5,8-10H2,1H3,(H,18,20). The highest BCUT2D eigenvalue weighted by Crippen LogP contribution is 2.33. The normalized spacial score (nSPS) is 24.3. The molecule has 7 heteroatoms. The van der Waals surface area contributed by atoms with Gasteiger partial charge in [0, 0.05) is 25.2 Å². The van der Waals surface area contributed by atoms with Gasteiger partial charge in [0.15, 0.2) is 0 Å². The van der Waals surface area contributed by atoms with E-state index in [9.17, 15) is 17.6 Å². The van der Waals surface area contributed by atoms with Gasteiger partial charge in [0.2, 0.25) is 15.9 Å². The third kappa shape index (κ3) is 3.72. The van der Waals surface area contributed by atoms with Crippen LogP contribution < -0.4 is 5.32 Å². The third-order valence-corrected chi connectivity index (χ3v) is 6.45. The van der Waals surface area contributed by atoms with Crippen LogP contribution in [0.5, 0.6) is 0 Å². The number of halogens is 1. The van der Waals surface area contributed by atoms with E-state index in [1.54, 1.807) is 19.2 Å². The molecule has 0 bridgehead atoms. The summed E-state index contributed by atoms with van der Waals surface area (Å²) in [6.45, 7) is 0. The molecule has 1 N–H and O–H groups in total. The summed E-state index contributed by atoms with van der Waals surface area (Å²) in [4.78, 5) is 12.1. The first-order chi connectivity index (χ1) is 10.9. The van der Waals surface area contributed by atoms with Crippen LogP contribution in [-0.4, -0.2) is 37.9 Å². The molecule has 0 aromatic heterocycles. The van der Waals surface area contributed by atoms with Gasteiger partial charge in [0.25, 0.3) is 0 Å². The van der Waals surface area contributed by atoms with Crippen LogP contribution in [0, 0.1) is 5.92 Å². The van der Waals surface area contributed by atoms with E-state index in [1.807, 2.05) is 0 Å². The Balaban J connectivity index is 1.59. The SMILES string of the molecule is CN(C1CC1)S(=O)(=O)c1ccc(NC(=O)CC2CC(F)C2)cc1. The lowest BCUT2D eigenvalue weighted by molar-refractivity contribution is -0.118. The first-order valence-electron chi connectivity index (χ1n) is 7.88. The number of alkyl halides is 1. The van der Waals surface area contributed by atoms with Gasteiger partial charge in [-0.15, -0.1) is 0 Å². The highest BCUT2D eigenvalue weighted by molar-refractivity contribution is 7.89. The monoisotopic (exact) mass is 340 g/mol. The topological polar surface area (TPSA) is 66.5 Å². The summed E-state index contributed by atoms with van der Waals surface area (Å²) < 4.78 is 38.9. The Morgan fingerprint density at radius 2 is 1.87 bits per heavy atom. The van der Waals surface area contributed by atoms with E-state index >= 15 is 0 Å². The maximum absolute atomic E-state index is 12.7. The molecule has 2 aliphatic rings. The summed E-state index contributed by atoms with van der Waals surface area (Å²) in [5.41, 5.74) is 0.555. The van der Waals surface area contributed by atoms with Gasteiger partial charge in [0.05, 0.1) is 4.90 Å². The van der Waals surface area contributed by atoms with Crippen molar-refractivity contribution in [2.45, 2.75) is 49.2 Å². The van der Waals surface area contributed by atoms with E-state index in [-0.39, 0.29) is 22.8 Å². The highest BCUT2D eigenvalue weighted by atomic mass is 32.2. The summed E-state index contributed by atoms with van der Waals surface area (Å²) in [5, 5.41) is 2.73. The molecule has 0 aliphatic heterocycles. The average Bonchev–Trinajstić information content (AvgIpc) is 3.30. The number of hydrogen-bond acceptors (Lipinski definition) is 3. The Hall–Kier alpha value is -1.47. The lowest BCUT2D eigenvalue weighted by Crippen LogP contribution is -2.29. The molecule has 0 atom stereocenters. The molecule has 0 radical (unpaired) electrons. The van der Waals surface area contributed by atoms with Crippen molar-refractivity contribution in [3.63, 3.8) is 0 Å². The van der Waals surface area contributed by atoms with Crippen LogP contribution in [-0.2, 0) is 14.8 Å². The predicted molar refractivity (Wildman–Crippen MR) is 85.3 cm³/mol. The van der Waals surface area contributed by atoms with Crippen molar-refractivity contribution in [3.8, 4) is 0 Å². The second-order valence-corrected chi connectivity index (χ2v) is 8.46. The van der Waals surface area contributed by atoms with Gasteiger partial charge >= 0.3 is 0 Å². The second kappa shape index (κ2) is 6.20. The average molecular weight is 340 g/mol. The summed E-state index contributed by atoms with van der Waals surface area (Å²) in [6.07, 6.45) is 2.28. The minimum Gasteiger partial charge on any atom is -0.326 e. The number of nitrogens with zero attached hydrogens (tertiary/aromatic N) is 1. The predicted octanol–water partition coefficient (Wildman–Crippen LogP) is 2.55. The highest BCUT2D eigenvalue weighted by Gasteiger charge is 2.35. The Morgan fingerprint density at radius 1 is 1.26 bits per heavy atom. The summed E-state index contributed by atoms with van der Waals surface area (Å²) in [7, 11) is -1.87. The van der Waals surface area contributed by atoms with Crippen LogP contribution in [0.15, 0.2) is 29.2 Å². The smallest absolute Gasteiger partial charge is 0.243 e. The zero-order valence-electron chi connectivity index (χ0n) is 13.0. The number of rotatable bonds is 6. The van der Waals surface area contributed by atoms with Crippen molar-refractivity contribution in [2.24, 2.45) is 5.92 Å². The number of nitrogens with one attached hydrogen (secondary N) is 1. The van der Waals surface area contributed by atoms with E-state index < -0.39 is 16.2 Å². The Kier molecular flexibility index (Phi) is 4.42. The van der Waals surface area contributed by atoms with Gasteiger partial charge in [0.1, 0.15) is 6.17 Å². The third-order valence-electron chi connectivity index (χ3n) is 4.53. The van der Waals surface area contributed by atoms with Gasteiger partial charge < -0.3 is 5.32 Å². The number of sulfonamides is 1. The molecule has 2 fully saturated rings. The molecule has 0 spiro atoms. The molecule has 0 unspecified atom stereocenters. The lowest BCUT2D eigenvalue weighted by atomic mass is 9.81. The summed E-state index contributed by atoms with van der Waals surface area (Å²) >= 11 is 0. The van der Waals surface area contributed by atoms with E-state index in [4.69, 9.17) is 0 Å². The number of carbonyl (C=O) groups is 1. The molecule has 1 amide bonds. The first-order valence-corrected chi connectivity index (χ1v) is 9.32. The van der Waals surface area contributed by atoms with Gasteiger partial charge in [-0.3, -0.25) is 4.79 Å². The maximum Gasteiger partial charge on any atom is 0.243 e. The number of amides is 1. The van der Waals surface area contributed by atoms with Crippen molar-refractivity contribution in [2.75, 3.05) is 12.4 Å². The van der Waals surface area contributed by atoms with Crippen LogP contribution >= 0.6 is 0 Å². The molecule has 2 aliphatic carbocycles. The maximum atomic E-state index is 12.7. The molecular formula is C16H21FN2O3S. The molecular weight excluding hydrogens is 319 g/mol. The number of anilines is 1. The van der Waals surface area contributed by atoms with Crippen LogP contribution in [0.25, 0.3) is 0 Å². The zero-order valence-corrected chi connectivity index (χ0v) is 13.9. The Bertz CT molecular complexity index is 680. The quantitative estimate of drug-likeness (QED) is 0.865. The molecule has 1 aromatic carbocycles. The van der Waals surface area contributed by atoms with Crippen molar-refractivity contribution in [1.29, 1.82) is 0 Å². The lowest BCUT2D eigenvalue weighted by Gasteiger charge is -2.28. The minimum absolute atomic E-state index is 0.112. The summed E-state index contributed by atoms with van der Waals surface area (Å²) in [5.74, 6) is -0.0375. The van der Waals surface area contributed by atoms with Gasteiger partial charge in [-0.1, -0.05) is 0 Å². The fourth-order valence-corrected chi connectivity index (χ4v) is 4.22. The zero-order chi connectivity index (χ0) is 16.6. The fraction of sp³-hybridized carbons (Fsp3) is 0.562. The number of hydrogen-bond donors (Lipinski definition) is 1. The molecule has 5 nitrogen and oxygen atoms in total. The van der Waals surface area contributed by atoms with Crippen molar-refractivity contribution in [1.82, 2.24) is 4.31 Å². The van der Waals surface area contributed by atoms with Crippen LogP contribution in [0.1, 0.15) is 32.1 Å². The van der Waals surface area contributed by atoms with E-state index in [2.05, 4.69) is 5.32 Å². The second-order valence-electron chi connectivity index (χ2n) is 6.46. The Morgan fingerprint density at radius 3 is 2.39 bits per heavy atom. The molecule has 2 saturated carbocycles. The van der Waals surface area contributed by atoms with Crippen LogP contribution in [0.2, 0.25) is 0 Å². The van der Waals surface area contributed by atoms with Crippen LogP contribution in [0.3, 0.4) is 0 Å². The van der Waals surface area contributed by atoms with Crippen LogP contribution in [0.4, 0.5) is 10.1 Å². The molecule has 3 rings (SSSR count). The first kappa shape index (κ1) is 16.4.